The molecule has 0 aromatic carbocycles. The average molecular weight is 277 g/mol. The molecule has 1 fully saturated rings. The lowest BCUT2D eigenvalue weighted by molar-refractivity contribution is -0.123. The van der Waals surface area contributed by atoms with Crippen LogP contribution in [0.1, 0.15) is 38.4 Å². The van der Waals surface area contributed by atoms with Gasteiger partial charge in [-0.1, -0.05) is 13.8 Å². The fourth-order valence-corrected chi connectivity index (χ4v) is 2.37. The van der Waals surface area contributed by atoms with Gasteiger partial charge in [0.2, 0.25) is 5.91 Å². The molecule has 5 heteroatoms. The Bertz CT molecular complexity index is 422. The molecule has 2 rings (SSSR count). The third-order valence-corrected chi connectivity index (χ3v) is 3.37. The molecule has 1 amide bonds. The van der Waals surface area contributed by atoms with Crippen molar-refractivity contribution in [3.05, 3.63) is 30.1 Å². The number of carbonyl (C=O) groups excluding carboxylic acids is 1. The van der Waals surface area contributed by atoms with Crippen LogP contribution in [0.5, 0.6) is 0 Å². The van der Waals surface area contributed by atoms with Crippen LogP contribution in [-0.4, -0.2) is 36.1 Å². The van der Waals surface area contributed by atoms with Crippen molar-refractivity contribution in [2.24, 2.45) is 0 Å². The zero-order valence-electron chi connectivity index (χ0n) is 12.1. The summed E-state index contributed by atoms with van der Waals surface area (Å²) in [7, 11) is 0. The maximum Gasteiger partial charge on any atom is 0.234 e. The highest BCUT2D eigenvalue weighted by Gasteiger charge is 2.28. The third-order valence-electron chi connectivity index (χ3n) is 3.37. The van der Waals surface area contributed by atoms with Crippen LogP contribution in [0.15, 0.2) is 24.5 Å². The number of carbonyl (C=O) groups is 1. The van der Waals surface area contributed by atoms with Crippen LogP contribution in [0.2, 0.25) is 0 Å². The minimum atomic E-state index is -0.0743. The maximum absolute atomic E-state index is 12.0. The molecule has 5 nitrogen and oxygen atoms in total. The molecule has 0 aliphatic carbocycles. The number of hydrogen-bond acceptors (Lipinski definition) is 4. The molecule has 1 aromatic rings. The van der Waals surface area contributed by atoms with Crippen LogP contribution in [0.25, 0.3) is 0 Å². The molecule has 1 saturated heterocycles. The van der Waals surface area contributed by atoms with Gasteiger partial charge in [0.15, 0.2) is 0 Å². The number of nitrogens with zero attached hydrogens (tertiary/aromatic N) is 1. The minimum absolute atomic E-state index is 0.0215. The zero-order chi connectivity index (χ0) is 14.4. The van der Waals surface area contributed by atoms with Crippen molar-refractivity contribution in [1.29, 1.82) is 0 Å². The molecular formula is C15H23N3O2. The number of aromatic nitrogens is 1. The second kappa shape index (κ2) is 7.36. The predicted molar refractivity (Wildman–Crippen MR) is 77.2 cm³/mol. The Morgan fingerprint density at radius 3 is 2.90 bits per heavy atom. The Labute approximate surface area is 120 Å². The summed E-state index contributed by atoms with van der Waals surface area (Å²) in [5, 5.41) is 6.20. The number of nitrogens with one attached hydrogen (secondary N) is 2. The number of ether oxygens (including phenoxy) is 1. The summed E-state index contributed by atoms with van der Waals surface area (Å²) in [4.78, 5) is 16.0. The van der Waals surface area contributed by atoms with E-state index >= 15 is 0 Å². The Morgan fingerprint density at radius 2 is 2.20 bits per heavy atom. The monoisotopic (exact) mass is 277 g/mol. The lowest BCUT2D eigenvalue weighted by atomic mass is 9.96. The summed E-state index contributed by atoms with van der Waals surface area (Å²) >= 11 is 0. The van der Waals surface area contributed by atoms with E-state index in [0.29, 0.717) is 12.6 Å². The van der Waals surface area contributed by atoms with Gasteiger partial charge in [-0.25, -0.2) is 0 Å². The summed E-state index contributed by atoms with van der Waals surface area (Å²) in [6.07, 6.45) is 5.36. The molecule has 110 valence electrons. The van der Waals surface area contributed by atoms with E-state index in [4.69, 9.17) is 4.74 Å². The molecular weight excluding hydrogens is 254 g/mol. The molecule has 1 aromatic heterocycles. The summed E-state index contributed by atoms with van der Waals surface area (Å²) in [5.41, 5.74) is 1.07. The van der Waals surface area contributed by atoms with Crippen molar-refractivity contribution >= 4 is 5.91 Å². The Morgan fingerprint density at radius 1 is 1.45 bits per heavy atom. The highest BCUT2D eigenvalue weighted by atomic mass is 16.5. The van der Waals surface area contributed by atoms with Gasteiger partial charge in [0.25, 0.3) is 0 Å². The van der Waals surface area contributed by atoms with Crippen LogP contribution in [0.4, 0.5) is 0 Å². The van der Waals surface area contributed by atoms with E-state index in [0.717, 1.165) is 25.0 Å². The molecule has 1 aliphatic rings. The maximum atomic E-state index is 12.0. The second-order valence-corrected chi connectivity index (χ2v) is 5.42. The van der Waals surface area contributed by atoms with E-state index in [9.17, 15) is 4.79 Å². The topological polar surface area (TPSA) is 63.2 Å². The Kier molecular flexibility index (Phi) is 5.49. The third kappa shape index (κ3) is 4.28. The first-order valence-electron chi connectivity index (χ1n) is 7.21. The molecule has 1 aliphatic heterocycles. The molecule has 0 radical (unpaired) electrons. The Hall–Kier alpha value is -1.46. The lowest BCUT2D eigenvalue weighted by Gasteiger charge is -2.32. The van der Waals surface area contributed by atoms with Gasteiger partial charge in [-0.3, -0.25) is 9.78 Å². The van der Waals surface area contributed by atoms with Gasteiger partial charge in [-0.2, -0.15) is 0 Å². The van der Waals surface area contributed by atoms with E-state index in [1.165, 1.54) is 0 Å². The van der Waals surface area contributed by atoms with Crippen LogP contribution < -0.4 is 10.6 Å². The molecule has 2 heterocycles. The average Bonchev–Trinajstić information content (AvgIpc) is 2.47. The van der Waals surface area contributed by atoms with Crippen molar-refractivity contribution in [3.63, 3.8) is 0 Å². The van der Waals surface area contributed by atoms with Gasteiger partial charge in [0, 0.05) is 25.0 Å². The smallest absolute Gasteiger partial charge is 0.234 e. The standard InChI is InChI=1S/C15H23N3O2/c1-11(2)17-10-14(19)18-13-4-3-9-20-15(13)12-5-7-16-8-6-12/h5-8,11,13,15,17H,3-4,9-10H2,1-2H3,(H,18,19)/t13-,15+/m0/s1. The van der Waals surface area contributed by atoms with Crippen molar-refractivity contribution in [2.45, 2.75) is 44.9 Å². The number of pyridine rings is 1. The molecule has 2 atom stereocenters. The first-order chi connectivity index (χ1) is 9.66. The van der Waals surface area contributed by atoms with Gasteiger partial charge in [0.05, 0.1) is 12.6 Å². The normalized spacial score (nSPS) is 22.8. The second-order valence-electron chi connectivity index (χ2n) is 5.42. The van der Waals surface area contributed by atoms with Crippen LogP contribution in [0.3, 0.4) is 0 Å². The molecule has 0 spiro atoms. The lowest BCUT2D eigenvalue weighted by Crippen LogP contribution is -2.46. The van der Waals surface area contributed by atoms with Crippen molar-refractivity contribution < 1.29 is 9.53 Å². The quantitative estimate of drug-likeness (QED) is 0.854. The predicted octanol–water partition coefficient (Wildman–Crippen LogP) is 1.42. The summed E-state index contributed by atoms with van der Waals surface area (Å²) in [6.45, 7) is 5.13. The van der Waals surface area contributed by atoms with E-state index < -0.39 is 0 Å². The van der Waals surface area contributed by atoms with Crippen LogP contribution in [-0.2, 0) is 9.53 Å². The van der Waals surface area contributed by atoms with Crippen molar-refractivity contribution in [1.82, 2.24) is 15.6 Å². The molecule has 2 N–H and O–H groups in total. The van der Waals surface area contributed by atoms with Gasteiger partial charge >= 0.3 is 0 Å². The van der Waals surface area contributed by atoms with Gasteiger partial charge in [0.1, 0.15) is 6.10 Å². The summed E-state index contributed by atoms with van der Waals surface area (Å²) < 4.78 is 5.84. The fraction of sp³-hybridized carbons (Fsp3) is 0.600. The Balaban J connectivity index is 1.95. The zero-order valence-corrected chi connectivity index (χ0v) is 12.1. The molecule has 0 unspecified atom stereocenters. The molecule has 0 saturated carbocycles. The highest BCUT2D eigenvalue weighted by Crippen LogP contribution is 2.27. The van der Waals surface area contributed by atoms with Gasteiger partial charge < -0.3 is 15.4 Å². The SMILES string of the molecule is CC(C)NCC(=O)N[C@H]1CCCO[C@@H]1c1ccncc1. The van der Waals surface area contributed by atoms with E-state index in [2.05, 4.69) is 15.6 Å². The molecule has 20 heavy (non-hydrogen) atoms. The fourth-order valence-electron chi connectivity index (χ4n) is 2.37. The van der Waals surface area contributed by atoms with Crippen molar-refractivity contribution in [2.75, 3.05) is 13.2 Å². The number of amides is 1. The van der Waals surface area contributed by atoms with Crippen LogP contribution >= 0.6 is 0 Å². The van der Waals surface area contributed by atoms with E-state index in [1.54, 1.807) is 12.4 Å². The number of hydrogen-bond donors (Lipinski definition) is 2. The first kappa shape index (κ1) is 14.9. The van der Waals surface area contributed by atoms with E-state index in [-0.39, 0.29) is 18.1 Å². The van der Waals surface area contributed by atoms with E-state index in [1.807, 2.05) is 26.0 Å². The van der Waals surface area contributed by atoms with Gasteiger partial charge in [-0.05, 0) is 30.5 Å². The number of rotatable bonds is 5. The van der Waals surface area contributed by atoms with Gasteiger partial charge in [-0.15, -0.1) is 0 Å². The van der Waals surface area contributed by atoms with Crippen LogP contribution in [0, 0.1) is 0 Å². The largest absolute Gasteiger partial charge is 0.371 e. The highest BCUT2D eigenvalue weighted by molar-refractivity contribution is 5.78. The molecule has 0 bridgehead atoms. The summed E-state index contributed by atoms with van der Waals surface area (Å²) in [5.74, 6) is 0.0215. The van der Waals surface area contributed by atoms with Crippen molar-refractivity contribution in [3.8, 4) is 0 Å². The first-order valence-corrected chi connectivity index (χ1v) is 7.21. The minimum Gasteiger partial charge on any atom is -0.371 e. The summed E-state index contributed by atoms with van der Waals surface area (Å²) in [6, 6.07) is 4.23.